The van der Waals surface area contributed by atoms with Gasteiger partial charge in [-0.1, -0.05) is 5.16 Å². The van der Waals surface area contributed by atoms with Crippen LogP contribution in [0.25, 0.3) is 11.1 Å². The molecule has 4 heteroatoms. The Labute approximate surface area is 130 Å². The molecule has 116 valence electrons. The number of hydrogen-bond donors (Lipinski definition) is 1. The van der Waals surface area contributed by atoms with Gasteiger partial charge in [0.15, 0.2) is 0 Å². The normalized spacial score (nSPS) is 15.7. The van der Waals surface area contributed by atoms with E-state index in [1.807, 2.05) is 32.0 Å². The van der Waals surface area contributed by atoms with E-state index in [1.54, 1.807) is 6.92 Å². The van der Waals surface area contributed by atoms with Crippen LogP contribution in [0.2, 0.25) is 0 Å². The Balaban J connectivity index is 2.04. The molecule has 0 radical (unpaired) electrons. The van der Waals surface area contributed by atoms with Crippen LogP contribution in [-0.2, 0) is 0 Å². The fraction of sp³-hybridized carbons (Fsp3) is 0.389. The van der Waals surface area contributed by atoms with Crippen molar-refractivity contribution in [1.29, 1.82) is 0 Å². The summed E-state index contributed by atoms with van der Waals surface area (Å²) < 4.78 is 11.2. The number of aryl methyl sites for hydroxylation is 2. The standard InChI is InChI=1S/C18H21NO3/c1-11-18(13(3)22-19-11)15-8-14(12(2)20)9-17(10-15)21-16-6-4-5-7-16/h6,8-10,12,20H,4-5,7H2,1-3H3. The van der Waals surface area contributed by atoms with Crippen LogP contribution in [0.4, 0.5) is 0 Å². The van der Waals surface area contributed by atoms with Crippen molar-refractivity contribution in [2.75, 3.05) is 0 Å². The zero-order valence-electron chi connectivity index (χ0n) is 13.2. The fourth-order valence-corrected chi connectivity index (χ4v) is 2.85. The van der Waals surface area contributed by atoms with Crippen molar-refractivity contribution in [1.82, 2.24) is 5.16 Å². The Kier molecular flexibility index (Phi) is 4.03. The van der Waals surface area contributed by atoms with Crippen molar-refractivity contribution < 1.29 is 14.4 Å². The molecule has 1 aromatic heterocycles. The van der Waals surface area contributed by atoms with Crippen molar-refractivity contribution in [2.24, 2.45) is 0 Å². The van der Waals surface area contributed by atoms with Crippen LogP contribution in [0.5, 0.6) is 5.75 Å². The molecule has 1 N–H and O–H groups in total. The zero-order valence-corrected chi connectivity index (χ0v) is 13.2. The van der Waals surface area contributed by atoms with Crippen LogP contribution in [-0.4, -0.2) is 10.3 Å². The molecular weight excluding hydrogens is 278 g/mol. The van der Waals surface area contributed by atoms with Crippen molar-refractivity contribution in [3.8, 4) is 16.9 Å². The molecule has 1 aliphatic carbocycles. The first kappa shape index (κ1) is 14.9. The monoisotopic (exact) mass is 299 g/mol. The lowest BCUT2D eigenvalue weighted by molar-refractivity contribution is 0.199. The Morgan fingerprint density at radius 3 is 2.68 bits per heavy atom. The number of allylic oxidation sites excluding steroid dienone is 2. The van der Waals surface area contributed by atoms with E-state index in [2.05, 4.69) is 11.2 Å². The molecule has 0 saturated carbocycles. The summed E-state index contributed by atoms with van der Waals surface area (Å²) in [6, 6.07) is 5.84. The van der Waals surface area contributed by atoms with Crippen molar-refractivity contribution >= 4 is 0 Å². The number of rotatable bonds is 4. The van der Waals surface area contributed by atoms with Gasteiger partial charge in [0.25, 0.3) is 0 Å². The van der Waals surface area contributed by atoms with Gasteiger partial charge in [-0.05, 0) is 69.0 Å². The first-order valence-corrected chi connectivity index (χ1v) is 7.68. The van der Waals surface area contributed by atoms with E-state index < -0.39 is 6.10 Å². The molecule has 1 aliphatic rings. The van der Waals surface area contributed by atoms with Gasteiger partial charge in [0.1, 0.15) is 17.3 Å². The average molecular weight is 299 g/mol. The second-order valence-corrected chi connectivity index (χ2v) is 5.83. The predicted molar refractivity (Wildman–Crippen MR) is 84.6 cm³/mol. The highest BCUT2D eigenvalue weighted by Gasteiger charge is 2.16. The zero-order chi connectivity index (χ0) is 15.7. The Bertz CT molecular complexity index is 694. The van der Waals surface area contributed by atoms with Gasteiger partial charge < -0.3 is 14.4 Å². The van der Waals surface area contributed by atoms with Gasteiger partial charge in [-0.25, -0.2) is 0 Å². The lowest BCUT2D eigenvalue weighted by Gasteiger charge is -2.13. The molecule has 2 aromatic rings. The SMILES string of the molecule is Cc1noc(C)c1-c1cc(OC2=CCCC2)cc(C(C)O)c1. The summed E-state index contributed by atoms with van der Waals surface area (Å²) in [4.78, 5) is 0. The average Bonchev–Trinajstić information content (AvgIpc) is 3.09. The second kappa shape index (κ2) is 5.97. The van der Waals surface area contributed by atoms with Crippen molar-refractivity contribution in [3.63, 3.8) is 0 Å². The van der Waals surface area contributed by atoms with Gasteiger partial charge in [-0.15, -0.1) is 0 Å². The van der Waals surface area contributed by atoms with Crippen molar-refractivity contribution in [3.05, 3.63) is 47.1 Å². The predicted octanol–water partition coefficient (Wildman–Crippen LogP) is 4.46. The highest BCUT2D eigenvalue weighted by Crippen LogP contribution is 2.34. The summed E-state index contributed by atoms with van der Waals surface area (Å²) in [5.74, 6) is 2.53. The molecule has 1 atom stereocenters. The number of benzene rings is 1. The van der Waals surface area contributed by atoms with E-state index in [1.165, 1.54) is 0 Å². The maximum Gasteiger partial charge on any atom is 0.141 e. The highest BCUT2D eigenvalue weighted by molar-refractivity contribution is 5.70. The summed E-state index contributed by atoms with van der Waals surface area (Å²) in [5.41, 5.74) is 3.59. The minimum Gasteiger partial charge on any atom is -0.462 e. The topological polar surface area (TPSA) is 55.5 Å². The number of aliphatic hydroxyl groups is 1. The minimum atomic E-state index is -0.555. The number of hydrogen-bond acceptors (Lipinski definition) is 4. The molecule has 0 aliphatic heterocycles. The Morgan fingerprint density at radius 2 is 2.09 bits per heavy atom. The van der Waals surface area contributed by atoms with Gasteiger partial charge in [-0.2, -0.15) is 0 Å². The first-order chi connectivity index (χ1) is 10.5. The summed E-state index contributed by atoms with van der Waals surface area (Å²) in [7, 11) is 0. The van der Waals surface area contributed by atoms with Crippen LogP contribution in [0.15, 0.2) is 34.6 Å². The molecule has 4 nitrogen and oxygen atoms in total. The Morgan fingerprint density at radius 1 is 1.27 bits per heavy atom. The van der Waals surface area contributed by atoms with Gasteiger partial charge in [0.05, 0.1) is 11.8 Å². The van der Waals surface area contributed by atoms with E-state index in [0.29, 0.717) is 0 Å². The van der Waals surface area contributed by atoms with Gasteiger partial charge in [-0.3, -0.25) is 0 Å². The first-order valence-electron chi connectivity index (χ1n) is 7.68. The van der Waals surface area contributed by atoms with E-state index in [-0.39, 0.29) is 0 Å². The molecule has 0 spiro atoms. The second-order valence-electron chi connectivity index (χ2n) is 5.83. The van der Waals surface area contributed by atoms with Crippen LogP contribution >= 0.6 is 0 Å². The van der Waals surface area contributed by atoms with Crippen molar-refractivity contribution in [2.45, 2.75) is 46.1 Å². The van der Waals surface area contributed by atoms with Gasteiger partial charge in [0.2, 0.25) is 0 Å². The maximum atomic E-state index is 9.96. The third kappa shape index (κ3) is 2.92. The number of ether oxygens (including phenoxy) is 1. The van der Waals surface area contributed by atoms with Crippen LogP contribution < -0.4 is 4.74 Å². The van der Waals surface area contributed by atoms with Crippen LogP contribution in [0.1, 0.15) is 49.3 Å². The van der Waals surface area contributed by atoms with E-state index in [9.17, 15) is 5.11 Å². The molecule has 22 heavy (non-hydrogen) atoms. The largest absolute Gasteiger partial charge is 0.462 e. The summed E-state index contributed by atoms with van der Waals surface area (Å²) in [5, 5.41) is 14.0. The molecule has 1 aromatic carbocycles. The molecule has 0 bridgehead atoms. The molecule has 3 rings (SSSR count). The van der Waals surface area contributed by atoms with Gasteiger partial charge in [0, 0.05) is 12.0 Å². The third-order valence-electron chi connectivity index (χ3n) is 3.98. The lowest BCUT2D eigenvalue weighted by Crippen LogP contribution is -1.97. The highest BCUT2D eigenvalue weighted by atomic mass is 16.5. The molecular formula is C18H21NO3. The van der Waals surface area contributed by atoms with E-state index in [0.717, 1.165) is 58.9 Å². The quantitative estimate of drug-likeness (QED) is 0.905. The van der Waals surface area contributed by atoms with E-state index >= 15 is 0 Å². The third-order valence-corrected chi connectivity index (χ3v) is 3.98. The maximum absolute atomic E-state index is 9.96. The minimum absolute atomic E-state index is 0.555. The Hall–Kier alpha value is -2.07. The molecule has 1 unspecified atom stereocenters. The smallest absolute Gasteiger partial charge is 0.141 e. The lowest BCUT2D eigenvalue weighted by atomic mass is 9.99. The summed E-state index contributed by atoms with van der Waals surface area (Å²) in [6.07, 6.45) is 4.76. The fourth-order valence-electron chi connectivity index (χ4n) is 2.85. The van der Waals surface area contributed by atoms with Crippen LogP contribution in [0, 0.1) is 13.8 Å². The number of aromatic nitrogens is 1. The molecule has 1 heterocycles. The molecule has 0 amide bonds. The van der Waals surface area contributed by atoms with E-state index in [4.69, 9.17) is 9.26 Å². The van der Waals surface area contributed by atoms with Crippen LogP contribution in [0.3, 0.4) is 0 Å². The number of nitrogens with zero attached hydrogens (tertiary/aromatic N) is 1. The molecule has 0 saturated heterocycles. The number of aliphatic hydroxyl groups excluding tert-OH is 1. The summed E-state index contributed by atoms with van der Waals surface area (Å²) >= 11 is 0. The van der Waals surface area contributed by atoms with Gasteiger partial charge >= 0.3 is 0 Å². The molecule has 0 fully saturated rings. The summed E-state index contributed by atoms with van der Waals surface area (Å²) in [6.45, 7) is 5.57.